The second-order valence-corrected chi connectivity index (χ2v) is 18.9. The van der Waals surface area contributed by atoms with Crippen molar-refractivity contribution in [3.05, 3.63) is 43.0 Å². The van der Waals surface area contributed by atoms with Crippen LogP contribution in [0, 0.1) is 5.92 Å². The van der Waals surface area contributed by atoms with E-state index in [1.165, 1.54) is 13.4 Å². The van der Waals surface area contributed by atoms with E-state index in [2.05, 4.69) is 53.9 Å². The van der Waals surface area contributed by atoms with Gasteiger partial charge in [0, 0.05) is 6.42 Å². The van der Waals surface area contributed by atoms with Gasteiger partial charge in [0.15, 0.2) is 26.0 Å². The molecule has 15 heteroatoms. The molecular weight excluding hydrogens is 591 g/mol. The molecule has 3 heterocycles. The van der Waals surface area contributed by atoms with Crippen LogP contribution >= 0.6 is 7.75 Å². The van der Waals surface area contributed by atoms with Crippen LogP contribution < -0.4 is 15.3 Å². The molecule has 0 saturated carbocycles. The number of hydrogen-bond donors (Lipinski definition) is 2. The minimum Gasteiger partial charge on any atom is -0.468 e. The molecule has 236 valence electrons. The van der Waals surface area contributed by atoms with Crippen LogP contribution in [0.2, 0.25) is 18.1 Å². The molecule has 43 heavy (non-hydrogen) atoms. The van der Waals surface area contributed by atoms with Crippen LogP contribution in [0.4, 0.5) is 5.82 Å². The number of nitrogen functional groups attached to an aromatic ring is 1. The van der Waals surface area contributed by atoms with Gasteiger partial charge in [-0.2, -0.15) is 5.09 Å². The SMILES string of the molecule is COC(=O)C(NP(=O)(OC[C@@H]1C[C@H](O[Si](C)(C)C(C)(C)C)[C@H](n2cnc3c(N)ncnc32)O1)Oc1ccccc1)C(C)C. The van der Waals surface area contributed by atoms with Crippen LogP contribution in [0.25, 0.3) is 11.2 Å². The van der Waals surface area contributed by atoms with E-state index < -0.39 is 40.4 Å². The summed E-state index contributed by atoms with van der Waals surface area (Å²) in [6.45, 7) is 14.3. The number of methoxy groups -OCH3 is 1. The van der Waals surface area contributed by atoms with Gasteiger partial charge < -0.3 is 24.2 Å². The number of rotatable bonds is 12. The Bertz CT molecular complexity index is 1450. The first-order valence-electron chi connectivity index (χ1n) is 14.3. The molecule has 4 rings (SSSR count). The molecule has 13 nitrogen and oxygen atoms in total. The largest absolute Gasteiger partial charge is 0.468 e. The average Bonchev–Trinajstić information content (AvgIpc) is 3.54. The van der Waals surface area contributed by atoms with Gasteiger partial charge in [-0.3, -0.25) is 13.9 Å². The first-order valence-corrected chi connectivity index (χ1v) is 18.7. The van der Waals surface area contributed by atoms with Gasteiger partial charge in [0.25, 0.3) is 0 Å². The highest BCUT2D eigenvalue weighted by molar-refractivity contribution is 7.52. The van der Waals surface area contributed by atoms with Gasteiger partial charge >= 0.3 is 13.7 Å². The van der Waals surface area contributed by atoms with Crippen molar-refractivity contribution in [1.29, 1.82) is 0 Å². The summed E-state index contributed by atoms with van der Waals surface area (Å²) < 4.78 is 46.0. The molecule has 0 radical (unpaired) electrons. The zero-order chi connectivity index (χ0) is 31.6. The highest BCUT2D eigenvalue weighted by atomic mass is 31.2. The lowest BCUT2D eigenvalue weighted by molar-refractivity contribution is -0.143. The fourth-order valence-corrected chi connectivity index (χ4v) is 7.46. The highest BCUT2D eigenvalue weighted by Gasteiger charge is 2.47. The van der Waals surface area contributed by atoms with E-state index in [4.69, 9.17) is 28.7 Å². The molecule has 2 unspecified atom stereocenters. The normalized spacial score (nSPS) is 21.6. The van der Waals surface area contributed by atoms with Crippen LogP contribution in [0.1, 0.15) is 47.3 Å². The van der Waals surface area contributed by atoms with Crippen molar-refractivity contribution in [3.63, 3.8) is 0 Å². The number of nitrogens with zero attached hydrogens (tertiary/aromatic N) is 4. The molecule has 5 atom stereocenters. The molecule has 0 aliphatic carbocycles. The molecule has 0 spiro atoms. The van der Waals surface area contributed by atoms with Crippen LogP contribution in [0.5, 0.6) is 5.75 Å². The van der Waals surface area contributed by atoms with Gasteiger partial charge in [0.2, 0.25) is 0 Å². The summed E-state index contributed by atoms with van der Waals surface area (Å²) in [6, 6.07) is 7.68. The molecule has 0 amide bonds. The maximum Gasteiger partial charge on any atom is 0.459 e. The Hall–Kier alpha value is -2.87. The lowest BCUT2D eigenvalue weighted by Gasteiger charge is -2.39. The average molecular weight is 635 g/mol. The molecule has 1 saturated heterocycles. The number of fused-ring (bicyclic) bond motifs is 1. The van der Waals surface area contributed by atoms with Gasteiger partial charge in [-0.15, -0.1) is 0 Å². The van der Waals surface area contributed by atoms with E-state index in [9.17, 15) is 9.36 Å². The molecule has 2 aromatic heterocycles. The maximum absolute atomic E-state index is 14.1. The van der Waals surface area contributed by atoms with Crippen molar-refractivity contribution >= 4 is 39.0 Å². The number of para-hydroxylation sites is 1. The van der Waals surface area contributed by atoms with Gasteiger partial charge in [0.05, 0.1) is 32.3 Å². The molecule has 3 aromatic rings. The zero-order valence-corrected chi connectivity index (χ0v) is 27.9. The Labute approximate surface area is 253 Å². The summed E-state index contributed by atoms with van der Waals surface area (Å²) in [5, 5.41) is 2.75. The van der Waals surface area contributed by atoms with Crippen LogP contribution in [-0.4, -0.2) is 65.8 Å². The molecular formula is C28H43N6O7PSi. The smallest absolute Gasteiger partial charge is 0.459 e. The summed E-state index contributed by atoms with van der Waals surface area (Å²) in [7, 11) is -5.08. The van der Waals surface area contributed by atoms with E-state index in [1.54, 1.807) is 49.0 Å². The molecule has 0 bridgehead atoms. The Kier molecular flexibility index (Phi) is 9.99. The zero-order valence-electron chi connectivity index (χ0n) is 26.0. The number of benzene rings is 1. The van der Waals surface area contributed by atoms with E-state index in [1.807, 2.05) is 6.07 Å². The lowest BCUT2D eigenvalue weighted by Crippen LogP contribution is -2.45. The summed E-state index contributed by atoms with van der Waals surface area (Å²) in [5.41, 5.74) is 7.02. The van der Waals surface area contributed by atoms with E-state index in [0.717, 1.165) is 0 Å². The van der Waals surface area contributed by atoms with Crippen LogP contribution in [-0.2, 0) is 27.8 Å². The van der Waals surface area contributed by atoms with Gasteiger partial charge in [-0.25, -0.2) is 19.5 Å². The fourth-order valence-electron chi connectivity index (χ4n) is 4.45. The molecule has 1 aliphatic rings. The monoisotopic (exact) mass is 634 g/mol. The highest BCUT2D eigenvalue weighted by Crippen LogP contribution is 2.47. The lowest BCUT2D eigenvalue weighted by atomic mass is 10.1. The number of carbonyl (C=O) groups is 1. The molecule has 3 N–H and O–H groups in total. The van der Waals surface area contributed by atoms with Crippen molar-refractivity contribution in [3.8, 4) is 5.75 Å². The Morgan fingerprint density at radius 3 is 2.53 bits per heavy atom. The number of imidazole rings is 1. The summed E-state index contributed by atoms with van der Waals surface area (Å²) in [6.07, 6.45) is 1.89. The predicted molar refractivity (Wildman–Crippen MR) is 165 cm³/mol. The summed E-state index contributed by atoms with van der Waals surface area (Å²) in [5.74, 6) is -0.262. The Morgan fingerprint density at radius 1 is 1.21 bits per heavy atom. The van der Waals surface area contributed by atoms with E-state index >= 15 is 0 Å². The van der Waals surface area contributed by atoms with Crippen LogP contribution in [0.3, 0.4) is 0 Å². The van der Waals surface area contributed by atoms with Gasteiger partial charge in [0.1, 0.15) is 23.6 Å². The predicted octanol–water partition coefficient (Wildman–Crippen LogP) is 5.08. The van der Waals surface area contributed by atoms with Gasteiger partial charge in [-0.1, -0.05) is 52.8 Å². The summed E-state index contributed by atoms with van der Waals surface area (Å²) in [4.78, 5) is 25.4. The number of aromatic nitrogens is 4. The maximum atomic E-state index is 14.1. The number of anilines is 1. The number of nitrogens with two attached hydrogens (primary N) is 1. The van der Waals surface area contributed by atoms with Crippen molar-refractivity contribution in [2.45, 2.75) is 83.6 Å². The third-order valence-corrected chi connectivity index (χ3v) is 13.9. The number of esters is 1. The number of nitrogens with one attached hydrogen (secondary N) is 1. The topological polar surface area (TPSA) is 162 Å². The Morgan fingerprint density at radius 2 is 1.91 bits per heavy atom. The second kappa shape index (κ2) is 13.0. The third kappa shape index (κ3) is 7.62. The standard InChI is InChI=1S/C28H43N6O7PSi/c1-18(2)22(27(35)37-6)33-42(36,40-19-12-10-9-11-13-19)38-15-20-14-21(41-43(7,8)28(3,4)5)26(39-20)34-17-32-23-24(29)30-16-31-25(23)34/h9-13,16-18,20-22,26H,14-15H2,1-8H3,(H,33,36)(H2,29,30,31)/t20-,21-,22?,26+,42?/m0/s1. The molecule has 1 aliphatic heterocycles. The molecule has 1 aromatic carbocycles. The van der Waals surface area contributed by atoms with Crippen LogP contribution in [0.15, 0.2) is 43.0 Å². The fraction of sp³-hybridized carbons (Fsp3) is 0.571. The third-order valence-electron chi connectivity index (χ3n) is 7.88. The minimum atomic E-state index is -4.10. The summed E-state index contributed by atoms with van der Waals surface area (Å²) >= 11 is 0. The number of hydrogen-bond acceptors (Lipinski definition) is 11. The number of ether oxygens (including phenoxy) is 2. The van der Waals surface area contributed by atoms with Crippen molar-refractivity contribution < 1.29 is 32.3 Å². The van der Waals surface area contributed by atoms with Crippen molar-refractivity contribution in [1.82, 2.24) is 24.6 Å². The first-order chi connectivity index (χ1) is 20.1. The van der Waals surface area contributed by atoms with E-state index in [0.29, 0.717) is 23.3 Å². The number of carbonyl (C=O) groups excluding carboxylic acids is 1. The molecule has 1 fully saturated rings. The quantitative estimate of drug-likeness (QED) is 0.155. The second-order valence-electron chi connectivity index (χ2n) is 12.5. The minimum absolute atomic E-state index is 0.0569. The van der Waals surface area contributed by atoms with Crippen molar-refractivity contribution in [2.24, 2.45) is 5.92 Å². The Balaban J connectivity index is 1.61. The van der Waals surface area contributed by atoms with Gasteiger partial charge in [-0.05, 0) is 36.2 Å². The first kappa shape index (κ1) is 33.0. The van der Waals surface area contributed by atoms with Crippen molar-refractivity contribution in [2.75, 3.05) is 19.5 Å². The van der Waals surface area contributed by atoms with E-state index in [-0.39, 0.29) is 29.5 Å².